The molecule has 1 amide bonds. The molecule has 0 radical (unpaired) electrons. The van der Waals surface area contributed by atoms with E-state index in [1.807, 2.05) is 36.5 Å². The molecule has 160 valence electrons. The summed E-state index contributed by atoms with van der Waals surface area (Å²) in [6.07, 6.45) is 6.94. The van der Waals surface area contributed by atoms with Gasteiger partial charge in [-0.3, -0.25) is 14.7 Å². The molecule has 31 heavy (non-hydrogen) atoms. The van der Waals surface area contributed by atoms with Gasteiger partial charge in [-0.05, 0) is 86.8 Å². The van der Waals surface area contributed by atoms with Crippen LogP contribution in [0.1, 0.15) is 41.6 Å². The highest BCUT2D eigenvalue weighted by molar-refractivity contribution is 9.10. The molecule has 0 bridgehead atoms. The summed E-state index contributed by atoms with van der Waals surface area (Å²) in [6, 6.07) is 13.9. The third kappa shape index (κ3) is 4.60. The molecule has 2 aliphatic rings. The van der Waals surface area contributed by atoms with E-state index in [-0.39, 0.29) is 5.91 Å². The van der Waals surface area contributed by atoms with Gasteiger partial charge in [-0.25, -0.2) is 0 Å². The average Bonchev–Trinajstić information content (AvgIpc) is 3.48. The molecule has 0 saturated carbocycles. The first-order valence-corrected chi connectivity index (χ1v) is 11.9. The lowest BCUT2D eigenvalue weighted by molar-refractivity contribution is 0.102. The molecule has 1 aromatic heterocycles. The zero-order valence-corrected chi connectivity index (χ0v) is 19.2. The van der Waals surface area contributed by atoms with E-state index in [2.05, 4.69) is 43.2 Å². The molecule has 0 spiro atoms. The van der Waals surface area contributed by atoms with E-state index in [0.717, 1.165) is 46.4 Å². The summed E-state index contributed by atoms with van der Waals surface area (Å²) in [5.74, 6) is -0.0991. The maximum atomic E-state index is 12.9. The average molecular weight is 479 g/mol. The van der Waals surface area contributed by atoms with Gasteiger partial charge in [-0.15, -0.1) is 0 Å². The van der Waals surface area contributed by atoms with Gasteiger partial charge in [0.05, 0.1) is 16.9 Å². The van der Waals surface area contributed by atoms with Gasteiger partial charge < -0.3 is 10.2 Å². The molecule has 2 fully saturated rings. The number of likely N-dealkylation sites (tertiary alicyclic amines) is 1. The van der Waals surface area contributed by atoms with Crippen LogP contribution in [0.25, 0.3) is 10.9 Å². The molecular formula is C25H27BrN4O. The van der Waals surface area contributed by atoms with Crippen LogP contribution >= 0.6 is 15.9 Å². The number of nitrogens with zero attached hydrogens (tertiary/aromatic N) is 3. The summed E-state index contributed by atoms with van der Waals surface area (Å²) in [5, 5.41) is 4.28. The fourth-order valence-corrected chi connectivity index (χ4v) is 4.88. The van der Waals surface area contributed by atoms with Crippen LogP contribution in [-0.2, 0) is 6.54 Å². The lowest BCUT2D eigenvalue weighted by atomic mass is 10.1. The normalized spacial score (nSPS) is 16.9. The molecule has 3 aromatic rings. The summed E-state index contributed by atoms with van der Waals surface area (Å²) in [7, 11) is 0. The van der Waals surface area contributed by atoms with Crippen molar-refractivity contribution in [2.75, 3.05) is 36.4 Å². The van der Waals surface area contributed by atoms with Gasteiger partial charge >= 0.3 is 0 Å². The number of benzene rings is 2. The van der Waals surface area contributed by atoms with E-state index in [4.69, 9.17) is 4.98 Å². The first-order valence-electron chi connectivity index (χ1n) is 11.1. The van der Waals surface area contributed by atoms with E-state index in [0.29, 0.717) is 5.56 Å². The zero-order chi connectivity index (χ0) is 21.2. The highest BCUT2D eigenvalue weighted by Crippen LogP contribution is 2.34. The Bertz CT molecular complexity index is 1090. The number of pyridine rings is 1. The minimum absolute atomic E-state index is 0.0991. The van der Waals surface area contributed by atoms with Gasteiger partial charge in [0.25, 0.3) is 5.91 Å². The van der Waals surface area contributed by atoms with Gasteiger partial charge in [0.15, 0.2) is 0 Å². The molecular weight excluding hydrogens is 452 g/mol. The maximum Gasteiger partial charge on any atom is 0.255 e. The van der Waals surface area contributed by atoms with Crippen molar-refractivity contribution in [3.05, 3.63) is 64.3 Å². The van der Waals surface area contributed by atoms with Crippen LogP contribution in [0.3, 0.4) is 0 Å². The van der Waals surface area contributed by atoms with Gasteiger partial charge in [0.1, 0.15) is 0 Å². The number of anilines is 2. The molecule has 2 aromatic carbocycles. The Morgan fingerprint density at radius 3 is 2.42 bits per heavy atom. The summed E-state index contributed by atoms with van der Waals surface area (Å²) in [5.41, 5.74) is 4.75. The van der Waals surface area contributed by atoms with Crippen molar-refractivity contribution in [3.63, 3.8) is 0 Å². The number of carbonyl (C=O) groups is 1. The van der Waals surface area contributed by atoms with E-state index in [9.17, 15) is 4.79 Å². The van der Waals surface area contributed by atoms with Crippen LogP contribution in [0.15, 0.2) is 53.1 Å². The van der Waals surface area contributed by atoms with Gasteiger partial charge in [-0.2, -0.15) is 0 Å². The monoisotopic (exact) mass is 478 g/mol. The van der Waals surface area contributed by atoms with Crippen molar-refractivity contribution in [3.8, 4) is 0 Å². The molecule has 0 unspecified atom stereocenters. The quantitative estimate of drug-likeness (QED) is 0.529. The summed E-state index contributed by atoms with van der Waals surface area (Å²) < 4.78 is 0.960. The Morgan fingerprint density at radius 1 is 0.968 bits per heavy atom. The Hall–Kier alpha value is -2.44. The topological polar surface area (TPSA) is 48.5 Å². The smallest absolute Gasteiger partial charge is 0.255 e. The number of aromatic nitrogens is 1. The third-order valence-corrected chi connectivity index (χ3v) is 6.79. The molecule has 5 rings (SSSR count). The number of hydrogen-bond donors (Lipinski definition) is 1. The second-order valence-electron chi connectivity index (χ2n) is 8.54. The fourth-order valence-electron chi connectivity index (χ4n) is 4.61. The summed E-state index contributed by atoms with van der Waals surface area (Å²) in [6.45, 7) is 5.36. The van der Waals surface area contributed by atoms with Crippen molar-refractivity contribution in [1.29, 1.82) is 0 Å². The number of fused-ring (bicyclic) bond motifs is 1. The Labute approximate surface area is 191 Å². The lowest BCUT2D eigenvalue weighted by Gasteiger charge is -2.23. The number of nitrogens with one attached hydrogen (secondary N) is 1. The van der Waals surface area contributed by atoms with Crippen LogP contribution in [0, 0.1) is 0 Å². The summed E-state index contributed by atoms with van der Waals surface area (Å²) >= 11 is 3.43. The number of hydrogen-bond acceptors (Lipinski definition) is 4. The predicted molar refractivity (Wildman–Crippen MR) is 130 cm³/mol. The molecule has 3 heterocycles. The second-order valence-corrected chi connectivity index (χ2v) is 9.46. The van der Waals surface area contributed by atoms with Gasteiger partial charge in [0.2, 0.25) is 0 Å². The van der Waals surface area contributed by atoms with Gasteiger partial charge in [-0.1, -0.05) is 15.9 Å². The highest BCUT2D eigenvalue weighted by atomic mass is 79.9. The third-order valence-electron chi connectivity index (χ3n) is 6.26. The van der Waals surface area contributed by atoms with Crippen molar-refractivity contribution in [2.45, 2.75) is 32.2 Å². The first-order chi connectivity index (χ1) is 15.2. The molecule has 0 atom stereocenters. The number of carbonyl (C=O) groups excluding carboxylic acids is 1. The van der Waals surface area contributed by atoms with E-state index >= 15 is 0 Å². The minimum atomic E-state index is -0.0991. The van der Waals surface area contributed by atoms with Crippen LogP contribution < -0.4 is 10.2 Å². The molecule has 2 aliphatic heterocycles. The SMILES string of the molecule is O=C(Nc1cc2ncc(CN3CCCC3)cc2cc1N1CCCC1)c1ccc(Br)cc1. The number of amides is 1. The van der Waals surface area contributed by atoms with Crippen LogP contribution in [-0.4, -0.2) is 42.0 Å². The standard InChI is InChI=1S/C25H27BrN4O/c26-21-7-5-19(6-8-21)25(31)28-23-15-22-20(14-24(23)30-11-3-4-12-30)13-18(16-27-22)17-29-9-1-2-10-29/h5-8,13-16H,1-4,9-12,17H2,(H,28,31). The number of rotatable bonds is 5. The van der Waals surface area contributed by atoms with Crippen LogP contribution in [0.5, 0.6) is 0 Å². The first kappa shape index (κ1) is 20.5. The molecule has 1 N–H and O–H groups in total. The predicted octanol–water partition coefficient (Wildman–Crippen LogP) is 5.45. The fraction of sp³-hybridized carbons (Fsp3) is 0.360. The maximum absolute atomic E-state index is 12.9. The number of halogens is 1. The van der Waals surface area contributed by atoms with Crippen molar-refractivity contribution in [1.82, 2.24) is 9.88 Å². The molecule has 6 heteroatoms. The van der Waals surface area contributed by atoms with Crippen molar-refractivity contribution in [2.24, 2.45) is 0 Å². The summed E-state index contributed by atoms with van der Waals surface area (Å²) in [4.78, 5) is 22.5. The van der Waals surface area contributed by atoms with Crippen molar-refractivity contribution >= 4 is 44.1 Å². The van der Waals surface area contributed by atoms with Crippen LogP contribution in [0.2, 0.25) is 0 Å². The molecule has 2 saturated heterocycles. The highest BCUT2D eigenvalue weighted by Gasteiger charge is 2.19. The van der Waals surface area contributed by atoms with Crippen molar-refractivity contribution < 1.29 is 4.79 Å². The largest absolute Gasteiger partial charge is 0.370 e. The Kier molecular flexibility index (Phi) is 5.92. The van der Waals surface area contributed by atoms with Gasteiger partial charge in [0, 0.05) is 41.3 Å². The van der Waals surface area contributed by atoms with E-state index in [1.165, 1.54) is 44.3 Å². The second kappa shape index (κ2) is 8.97. The Balaban J connectivity index is 1.47. The molecule has 5 nitrogen and oxygen atoms in total. The lowest BCUT2D eigenvalue weighted by Crippen LogP contribution is -2.21. The zero-order valence-electron chi connectivity index (χ0n) is 17.6. The van der Waals surface area contributed by atoms with E-state index < -0.39 is 0 Å². The van der Waals surface area contributed by atoms with E-state index in [1.54, 1.807) is 0 Å². The van der Waals surface area contributed by atoms with Crippen LogP contribution in [0.4, 0.5) is 11.4 Å². The minimum Gasteiger partial charge on any atom is -0.370 e. The molecule has 0 aliphatic carbocycles. The Morgan fingerprint density at radius 2 is 1.68 bits per heavy atom.